The fraction of sp³-hybridized carbons (Fsp3) is 0.235. The van der Waals surface area contributed by atoms with Crippen molar-refractivity contribution in [2.75, 3.05) is 32.1 Å². The van der Waals surface area contributed by atoms with Crippen LogP contribution in [0.5, 0.6) is 0 Å². The van der Waals surface area contributed by atoms with Crippen molar-refractivity contribution < 1.29 is 26.8 Å². The van der Waals surface area contributed by atoms with Crippen LogP contribution in [-0.2, 0) is 4.74 Å². The van der Waals surface area contributed by atoms with Gasteiger partial charge in [-0.1, -0.05) is 36.4 Å². The second kappa shape index (κ2) is 9.07. The molecule has 0 saturated heterocycles. The monoisotopic (exact) mass is 320 g/mol. The number of rotatable bonds is 5. The van der Waals surface area contributed by atoms with Crippen LogP contribution < -0.4 is 22.2 Å². The Hall–Kier alpha value is -2.04. The summed E-state index contributed by atoms with van der Waals surface area (Å²) >= 11 is 0. The van der Waals surface area contributed by atoms with Crippen LogP contribution in [0.25, 0.3) is 0 Å². The van der Waals surface area contributed by atoms with E-state index in [1.165, 1.54) is 4.90 Å². The standard InChI is InChI=1S/C17H20N2O2.ClH/c1-18(2)13-14-21-17(20)19(15-9-5-3-6-10-15)16-11-7-4-8-12-16;/h3-12H,13-14H2,1-2H3;1H. The van der Waals surface area contributed by atoms with Gasteiger partial charge in [-0.05, 0) is 24.3 Å². The Bertz CT molecular complexity index is 522. The smallest absolute Gasteiger partial charge is 0.419 e. The number of likely N-dealkylation sites (N-methyl/N-ethyl adjacent to an activating group) is 1. The molecule has 1 amide bonds. The summed E-state index contributed by atoms with van der Waals surface area (Å²) in [6.07, 6.45) is -0.353. The van der Waals surface area contributed by atoms with Crippen LogP contribution >= 0.6 is 0 Å². The van der Waals surface area contributed by atoms with Crippen LogP contribution in [0.4, 0.5) is 16.2 Å². The molecule has 0 aromatic heterocycles. The lowest BCUT2D eigenvalue weighted by Gasteiger charge is -2.22. The molecule has 0 spiro atoms. The summed E-state index contributed by atoms with van der Waals surface area (Å²) in [4.78, 5) is 15.3. The predicted octanol–water partition coefficient (Wildman–Crippen LogP) is -0.890. The Morgan fingerprint density at radius 2 is 1.41 bits per heavy atom. The second-order valence-electron chi connectivity index (χ2n) is 5.08. The summed E-state index contributed by atoms with van der Waals surface area (Å²) in [7, 11) is 4.06. The molecule has 5 heteroatoms. The second-order valence-corrected chi connectivity index (χ2v) is 5.08. The van der Waals surface area contributed by atoms with Gasteiger partial charge in [0, 0.05) is 0 Å². The Balaban J connectivity index is 0.00000242. The minimum Gasteiger partial charge on any atom is -1.00 e. The number of nitrogens with one attached hydrogen (secondary N) is 1. The highest BCUT2D eigenvalue weighted by atomic mass is 35.5. The molecule has 0 bridgehead atoms. The molecule has 22 heavy (non-hydrogen) atoms. The first kappa shape index (κ1) is 18.0. The quantitative estimate of drug-likeness (QED) is 0.775. The minimum atomic E-state index is -0.353. The van der Waals surface area contributed by atoms with Crippen LogP contribution in [0, 0.1) is 0 Å². The molecule has 0 aliphatic heterocycles. The molecule has 0 aliphatic carbocycles. The molecule has 118 valence electrons. The Morgan fingerprint density at radius 3 is 1.82 bits per heavy atom. The van der Waals surface area contributed by atoms with Gasteiger partial charge in [-0.2, -0.15) is 0 Å². The van der Waals surface area contributed by atoms with Gasteiger partial charge in [-0.25, -0.2) is 9.69 Å². The van der Waals surface area contributed by atoms with E-state index < -0.39 is 0 Å². The Kier molecular flexibility index (Phi) is 7.43. The first-order valence-electron chi connectivity index (χ1n) is 7.04. The van der Waals surface area contributed by atoms with Gasteiger partial charge >= 0.3 is 6.09 Å². The van der Waals surface area contributed by atoms with Crippen molar-refractivity contribution in [1.82, 2.24) is 0 Å². The Morgan fingerprint density at radius 1 is 0.955 bits per heavy atom. The largest absolute Gasteiger partial charge is 1.00 e. The van der Waals surface area contributed by atoms with Crippen molar-refractivity contribution in [2.24, 2.45) is 0 Å². The van der Waals surface area contributed by atoms with E-state index in [4.69, 9.17) is 4.74 Å². The van der Waals surface area contributed by atoms with Crippen molar-refractivity contribution >= 4 is 17.5 Å². The number of quaternary nitrogens is 1. The number of halogens is 1. The molecule has 2 aromatic carbocycles. The van der Waals surface area contributed by atoms with Crippen LogP contribution in [0.1, 0.15) is 0 Å². The van der Waals surface area contributed by atoms with Gasteiger partial charge < -0.3 is 22.0 Å². The number of benzene rings is 2. The number of anilines is 2. The average molecular weight is 321 g/mol. The number of hydrogen-bond acceptors (Lipinski definition) is 2. The van der Waals surface area contributed by atoms with Gasteiger partial charge in [0.15, 0.2) is 0 Å². The number of carbonyl (C=O) groups is 1. The number of nitrogens with zero attached hydrogens (tertiary/aromatic N) is 1. The van der Waals surface area contributed by atoms with E-state index in [2.05, 4.69) is 0 Å². The normalized spacial score (nSPS) is 9.95. The highest BCUT2D eigenvalue weighted by Gasteiger charge is 2.19. The lowest BCUT2D eigenvalue weighted by atomic mass is 10.2. The number of hydrogen-bond donors (Lipinski definition) is 1. The van der Waals surface area contributed by atoms with E-state index in [0.717, 1.165) is 17.9 Å². The average Bonchev–Trinajstić information content (AvgIpc) is 2.49. The van der Waals surface area contributed by atoms with E-state index in [0.29, 0.717) is 6.61 Å². The van der Waals surface area contributed by atoms with Crippen molar-refractivity contribution in [1.29, 1.82) is 0 Å². The van der Waals surface area contributed by atoms with Crippen LogP contribution in [0.2, 0.25) is 0 Å². The summed E-state index contributed by atoms with van der Waals surface area (Å²) in [6.45, 7) is 1.18. The lowest BCUT2D eigenvalue weighted by Crippen LogP contribution is -3.06. The van der Waals surface area contributed by atoms with Gasteiger partial charge in [0.05, 0.1) is 25.5 Å². The van der Waals surface area contributed by atoms with Gasteiger partial charge in [0.1, 0.15) is 13.2 Å². The van der Waals surface area contributed by atoms with E-state index in [-0.39, 0.29) is 18.5 Å². The molecule has 0 unspecified atom stereocenters. The van der Waals surface area contributed by atoms with Crippen molar-refractivity contribution in [3.05, 3.63) is 60.7 Å². The molecule has 0 atom stereocenters. The zero-order valence-electron chi connectivity index (χ0n) is 12.8. The molecule has 0 fully saturated rings. The topological polar surface area (TPSA) is 34.0 Å². The van der Waals surface area contributed by atoms with E-state index in [1.54, 1.807) is 4.90 Å². The zero-order valence-corrected chi connectivity index (χ0v) is 13.6. The molecule has 2 rings (SSSR count). The van der Waals surface area contributed by atoms with Gasteiger partial charge in [-0.3, -0.25) is 0 Å². The minimum absolute atomic E-state index is 0. The maximum atomic E-state index is 12.4. The van der Waals surface area contributed by atoms with E-state index in [1.807, 2.05) is 74.8 Å². The number of ether oxygens (including phenoxy) is 1. The maximum Gasteiger partial charge on any atom is 0.419 e. The van der Waals surface area contributed by atoms with E-state index >= 15 is 0 Å². The third kappa shape index (κ3) is 5.06. The van der Waals surface area contributed by atoms with Crippen LogP contribution in [0.3, 0.4) is 0 Å². The molecule has 2 aromatic rings. The first-order chi connectivity index (χ1) is 10.2. The van der Waals surface area contributed by atoms with Crippen molar-refractivity contribution in [3.8, 4) is 0 Å². The summed E-state index contributed by atoms with van der Waals surface area (Å²) in [5, 5.41) is 0. The van der Waals surface area contributed by atoms with E-state index in [9.17, 15) is 4.79 Å². The predicted molar refractivity (Wildman–Crippen MR) is 84.0 cm³/mol. The molecule has 0 saturated carbocycles. The zero-order chi connectivity index (χ0) is 15.1. The third-order valence-electron chi connectivity index (χ3n) is 3.04. The van der Waals surface area contributed by atoms with Crippen LogP contribution in [0.15, 0.2) is 60.7 Å². The number of para-hydroxylation sites is 2. The van der Waals surface area contributed by atoms with Gasteiger partial charge in [-0.15, -0.1) is 0 Å². The fourth-order valence-electron chi connectivity index (χ4n) is 1.92. The highest BCUT2D eigenvalue weighted by Crippen LogP contribution is 2.25. The number of amides is 1. The SMILES string of the molecule is C[NH+](C)CCOC(=O)N(c1ccccc1)c1ccccc1.[Cl-]. The van der Waals surface area contributed by atoms with Gasteiger partial charge in [0.2, 0.25) is 0 Å². The lowest BCUT2D eigenvalue weighted by molar-refractivity contribution is -0.858. The van der Waals surface area contributed by atoms with Crippen LogP contribution in [-0.4, -0.2) is 33.3 Å². The molecule has 4 nitrogen and oxygen atoms in total. The highest BCUT2D eigenvalue weighted by molar-refractivity contribution is 5.95. The summed E-state index contributed by atoms with van der Waals surface area (Å²) < 4.78 is 5.39. The molecule has 0 aliphatic rings. The van der Waals surface area contributed by atoms with Crippen molar-refractivity contribution in [2.45, 2.75) is 0 Å². The molecule has 0 radical (unpaired) electrons. The summed E-state index contributed by atoms with van der Waals surface area (Å²) in [5.41, 5.74) is 1.59. The van der Waals surface area contributed by atoms with Gasteiger partial charge in [0.25, 0.3) is 0 Å². The third-order valence-corrected chi connectivity index (χ3v) is 3.04. The fourth-order valence-corrected chi connectivity index (χ4v) is 1.92. The summed E-state index contributed by atoms with van der Waals surface area (Å²) in [6, 6.07) is 19.0. The first-order valence-corrected chi connectivity index (χ1v) is 7.04. The summed E-state index contributed by atoms with van der Waals surface area (Å²) in [5.74, 6) is 0. The number of carbonyl (C=O) groups excluding carboxylic acids is 1. The molecule has 0 heterocycles. The molecule has 1 N–H and O–H groups in total. The molecular formula is C17H21ClN2O2. The van der Waals surface area contributed by atoms with Crippen molar-refractivity contribution in [3.63, 3.8) is 0 Å². The molecular weight excluding hydrogens is 300 g/mol. The Labute approximate surface area is 137 Å². The maximum absolute atomic E-state index is 12.4.